The molecule has 1 aliphatic rings. The van der Waals surface area contributed by atoms with Crippen LogP contribution >= 0.6 is 0 Å². The lowest BCUT2D eigenvalue weighted by Crippen LogP contribution is -2.41. The second-order valence-corrected chi connectivity index (χ2v) is 8.13. The van der Waals surface area contributed by atoms with E-state index in [1.807, 2.05) is 0 Å². The molecule has 0 amide bonds. The first-order chi connectivity index (χ1) is 22.0. The van der Waals surface area contributed by atoms with E-state index >= 15 is 0 Å². The quantitative estimate of drug-likeness (QED) is 0.336. The lowest BCUT2D eigenvalue weighted by atomic mass is 9.78. The maximum atomic E-state index is 9.23. The Hall–Kier alpha value is -3.08. The Morgan fingerprint density at radius 1 is 0.625 bits per heavy atom. The van der Waals surface area contributed by atoms with E-state index in [9.17, 15) is 1.37 Å². The SMILES string of the molecule is [2H]c1c([2H])c([2H])c(N(c2c([2H])c([2H])c([2H])c([2H])c2[2H])c2c([2H])c([2H])c3c([2H])c(B4OC(C)(C)C(C)(C)O4)c([2H])c([2H])c3c2[2H])c([2H])c1[2H]. The van der Waals surface area contributed by atoms with Gasteiger partial charge in [0.25, 0.3) is 0 Å². The van der Waals surface area contributed by atoms with E-state index in [2.05, 4.69) is 0 Å². The van der Waals surface area contributed by atoms with Gasteiger partial charge < -0.3 is 14.2 Å². The van der Waals surface area contributed by atoms with Crippen LogP contribution in [0.5, 0.6) is 0 Å². The molecule has 160 valence electrons. The van der Waals surface area contributed by atoms with Crippen molar-refractivity contribution in [3.63, 3.8) is 0 Å². The molecule has 0 saturated carbocycles. The average Bonchev–Trinajstić information content (AvgIpc) is 3.23. The summed E-state index contributed by atoms with van der Waals surface area (Å²) in [5.74, 6) is 0. The van der Waals surface area contributed by atoms with Gasteiger partial charge in [-0.15, -0.1) is 0 Å². The third kappa shape index (κ3) is 3.70. The minimum atomic E-state index is -1.32. The fraction of sp³-hybridized carbons (Fsp3) is 0.214. The van der Waals surface area contributed by atoms with Gasteiger partial charge in [0.2, 0.25) is 0 Å². The highest BCUT2D eigenvalue weighted by atomic mass is 16.7. The van der Waals surface area contributed by atoms with Crippen LogP contribution in [0.3, 0.4) is 0 Å². The molecule has 0 radical (unpaired) electrons. The van der Waals surface area contributed by atoms with Gasteiger partial charge >= 0.3 is 7.12 Å². The van der Waals surface area contributed by atoms with Crippen molar-refractivity contribution in [1.82, 2.24) is 0 Å². The van der Waals surface area contributed by atoms with E-state index in [-0.39, 0.29) is 5.46 Å². The largest absolute Gasteiger partial charge is 0.494 e. The maximum absolute atomic E-state index is 9.23. The number of hydrogen-bond acceptors (Lipinski definition) is 3. The summed E-state index contributed by atoms with van der Waals surface area (Å²) in [6.07, 6.45) is 0. The predicted molar refractivity (Wildman–Crippen MR) is 134 cm³/mol. The normalized spacial score (nSPS) is 23.9. The van der Waals surface area contributed by atoms with Crippen LogP contribution in [0.15, 0.2) is 96.7 Å². The van der Waals surface area contributed by atoms with Crippen molar-refractivity contribution in [3.8, 4) is 0 Å². The number of para-hydroxylation sites is 2. The molecule has 1 heterocycles. The van der Waals surface area contributed by atoms with Gasteiger partial charge in [-0.1, -0.05) is 60.4 Å². The maximum Gasteiger partial charge on any atom is 0.494 e. The number of anilines is 3. The van der Waals surface area contributed by atoms with E-state index in [1.54, 1.807) is 27.7 Å². The zero-order valence-corrected chi connectivity index (χ0v) is 17.8. The number of fused-ring (bicyclic) bond motifs is 1. The van der Waals surface area contributed by atoms with Gasteiger partial charge in [-0.3, -0.25) is 0 Å². The zero-order valence-electron chi connectivity index (χ0n) is 33.8. The summed E-state index contributed by atoms with van der Waals surface area (Å²) in [5, 5.41) is -0.924. The molecule has 4 aromatic carbocycles. The van der Waals surface area contributed by atoms with Crippen molar-refractivity contribution in [2.45, 2.75) is 38.9 Å². The Morgan fingerprint density at radius 3 is 1.69 bits per heavy atom. The lowest BCUT2D eigenvalue weighted by molar-refractivity contribution is 0.00578. The summed E-state index contributed by atoms with van der Waals surface area (Å²) in [5.41, 5.74) is -4.40. The molecule has 0 atom stereocenters. The highest BCUT2D eigenvalue weighted by Crippen LogP contribution is 2.38. The van der Waals surface area contributed by atoms with Crippen LogP contribution in [-0.4, -0.2) is 18.3 Å². The first-order valence-corrected chi connectivity index (χ1v) is 9.84. The molecule has 0 bridgehead atoms. The Bertz CT molecular complexity index is 1940. The van der Waals surface area contributed by atoms with Crippen molar-refractivity contribution in [1.29, 1.82) is 0 Å². The molecule has 1 aliphatic heterocycles. The van der Waals surface area contributed by atoms with Gasteiger partial charge in [0, 0.05) is 17.1 Å². The molecule has 0 aliphatic carbocycles. The molecule has 0 N–H and O–H groups in total. The zero-order chi connectivity index (χ0) is 36.3. The standard InChI is InChI=1S/C28H28BNO2/c1-27(2)28(3,4)32-29(31-27)23-17-15-22-20-26(18-16-21(22)19-23)30(24-11-7-5-8-12-24)25-13-9-6-10-14-25/h5-20H,1-4H3/i5D,6D,7D,8D,9D,10D,11D,12D,13D,14D,15D,16D,17D,18D,19D,20D. The topological polar surface area (TPSA) is 21.7 Å². The van der Waals surface area contributed by atoms with Gasteiger partial charge in [-0.2, -0.15) is 0 Å². The molecular formula is C28H28BNO2. The number of rotatable bonds is 4. The molecule has 4 heteroatoms. The van der Waals surface area contributed by atoms with Gasteiger partial charge in [0.1, 0.15) is 0 Å². The van der Waals surface area contributed by atoms with Crippen molar-refractivity contribution >= 4 is 40.4 Å². The summed E-state index contributed by atoms with van der Waals surface area (Å²) in [4.78, 5) is 0.567. The second-order valence-electron chi connectivity index (χ2n) is 8.13. The van der Waals surface area contributed by atoms with Gasteiger partial charge in [-0.25, -0.2) is 0 Å². The number of hydrogen-bond donors (Lipinski definition) is 0. The lowest BCUT2D eigenvalue weighted by Gasteiger charge is -2.32. The first kappa shape index (κ1) is 9.42. The molecule has 32 heavy (non-hydrogen) atoms. The Kier molecular flexibility index (Phi) is 2.30. The van der Waals surface area contributed by atoms with Crippen LogP contribution in [0.4, 0.5) is 17.1 Å². The smallest absolute Gasteiger partial charge is 0.399 e. The molecule has 1 saturated heterocycles. The van der Waals surface area contributed by atoms with Crippen molar-refractivity contribution in [2.75, 3.05) is 4.90 Å². The Balaban J connectivity index is 1.98. The van der Waals surface area contributed by atoms with Crippen molar-refractivity contribution in [3.05, 3.63) is 96.7 Å². The molecule has 3 nitrogen and oxygen atoms in total. The molecule has 0 aromatic heterocycles. The molecule has 0 spiro atoms. The number of benzene rings is 4. The monoisotopic (exact) mass is 437 g/mol. The van der Waals surface area contributed by atoms with E-state index in [4.69, 9.17) is 29.9 Å². The fourth-order valence-electron chi connectivity index (χ4n) is 3.12. The summed E-state index contributed by atoms with van der Waals surface area (Å²) in [6.45, 7) is 6.95. The predicted octanol–water partition coefficient (Wildman–Crippen LogP) is 6.61. The van der Waals surface area contributed by atoms with E-state index in [1.165, 1.54) is 0 Å². The fourth-order valence-corrected chi connectivity index (χ4v) is 3.12. The van der Waals surface area contributed by atoms with Crippen LogP contribution in [0.1, 0.15) is 49.6 Å². The van der Waals surface area contributed by atoms with Crippen LogP contribution in [0.2, 0.25) is 0 Å². The van der Waals surface area contributed by atoms with Gasteiger partial charge in [-0.05, 0) is 80.2 Å². The summed E-state index contributed by atoms with van der Waals surface area (Å²) in [7, 11) is -1.32. The summed E-state index contributed by atoms with van der Waals surface area (Å²) < 4.78 is 150. The second kappa shape index (κ2) is 7.81. The van der Waals surface area contributed by atoms with Crippen molar-refractivity contribution < 1.29 is 31.2 Å². The van der Waals surface area contributed by atoms with Crippen LogP contribution in [0.25, 0.3) is 10.8 Å². The minimum Gasteiger partial charge on any atom is -0.399 e. The first-order valence-electron chi connectivity index (χ1n) is 17.8. The molecule has 0 unspecified atom stereocenters. The van der Waals surface area contributed by atoms with Crippen molar-refractivity contribution in [2.24, 2.45) is 0 Å². The van der Waals surface area contributed by atoms with E-state index < -0.39 is 143 Å². The highest BCUT2D eigenvalue weighted by molar-refractivity contribution is 6.62. The van der Waals surface area contributed by atoms with Gasteiger partial charge in [0.05, 0.1) is 33.1 Å². The summed E-state index contributed by atoms with van der Waals surface area (Å²) >= 11 is 0. The number of nitrogens with zero attached hydrogens (tertiary/aromatic N) is 1. The third-order valence-electron chi connectivity index (χ3n) is 5.51. The highest BCUT2D eigenvalue weighted by Gasteiger charge is 2.51. The Labute approximate surface area is 213 Å². The van der Waals surface area contributed by atoms with E-state index in [0.717, 1.165) is 0 Å². The average molecular weight is 437 g/mol. The minimum absolute atomic E-state index is 0.223. The molecule has 5 rings (SSSR count). The van der Waals surface area contributed by atoms with Crippen LogP contribution in [0, 0.1) is 0 Å². The molecular weight excluding hydrogens is 393 g/mol. The van der Waals surface area contributed by atoms with Crippen LogP contribution in [-0.2, 0) is 9.31 Å². The van der Waals surface area contributed by atoms with Crippen LogP contribution < -0.4 is 10.4 Å². The van der Waals surface area contributed by atoms with E-state index in [0.29, 0.717) is 4.90 Å². The summed E-state index contributed by atoms with van der Waals surface area (Å²) in [6, 6.07) is -13.1. The molecule has 4 aromatic rings. The van der Waals surface area contributed by atoms with Gasteiger partial charge in [0.15, 0.2) is 0 Å². The molecule has 1 fully saturated rings. The third-order valence-corrected chi connectivity index (χ3v) is 5.51. The Morgan fingerprint density at radius 2 is 1.12 bits per heavy atom.